The van der Waals surface area contributed by atoms with Crippen LogP contribution in [0, 0.1) is 0 Å². The van der Waals surface area contributed by atoms with Gasteiger partial charge in [-0.3, -0.25) is 0 Å². The molecule has 0 amide bonds. The Bertz CT molecular complexity index is 542. The van der Waals surface area contributed by atoms with Crippen molar-refractivity contribution in [1.82, 2.24) is 0 Å². The largest absolute Gasteiger partial charge is 0.498 e. The zero-order valence-corrected chi connectivity index (χ0v) is 20.3. The normalized spacial score (nSPS) is 12.0. The molecule has 0 fully saturated rings. The van der Waals surface area contributed by atoms with Gasteiger partial charge in [0.1, 0.15) is 13.2 Å². The third kappa shape index (κ3) is 17.7. The summed E-state index contributed by atoms with van der Waals surface area (Å²) < 4.78 is 31.8. The first-order valence-electron chi connectivity index (χ1n) is 11.6. The molecular formula is C24H42O8. The molecule has 0 saturated carbocycles. The smallest absolute Gasteiger partial charge is 0.337 e. The van der Waals surface area contributed by atoms with Gasteiger partial charge < -0.3 is 28.4 Å². The van der Waals surface area contributed by atoms with Crippen LogP contribution in [0.15, 0.2) is 23.5 Å². The van der Waals surface area contributed by atoms with E-state index in [2.05, 4.69) is 6.92 Å². The Morgan fingerprint density at radius 1 is 0.688 bits per heavy atom. The van der Waals surface area contributed by atoms with Crippen LogP contribution in [-0.4, -0.2) is 71.4 Å². The molecule has 0 bridgehead atoms. The summed E-state index contributed by atoms with van der Waals surface area (Å²) in [6.45, 7) is 11.0. The van der Waals surface area contributed by atoms with Crippen molar-refractivity contribution in [1.29, 1.82) is 0 Å². The monoisotopic (exact) mass is 458 g/mol. The molecule has 0 saturated heterocycles. The van der Waals surface area contributed by atoms with Gasteiger partial charge in [-0.25, -0.2) is 9.59 Å². The van der Waals surface area contributed by atoms with Crippen molar-refractivity contribution in [2.45, 2.75) is 59.8 Å². The van der Waals surface area contributed by atoms with Crippen LogP contribution in [0.2, 0.25) is 0 Å². The van der Waals surface area contributed by atoms with E-state index in [1.54, 1.807) is 19.9 Å². The van der Waals surface area contributed by atoms with Gasteiger partial charge in [0.15, 0.2) is 0 Å². The van der Waals surface area contributed by atoms with Crippen molar-refractivity contribution in [3.8, 4) is 0 Å². The fourth-order valence-corrected chi connectivity index (χ4v) is 2.30. The molecule has 0 atom stereocenters. The minimum absolute atomic E-state index is 0.220. The maximum Gasteiger partial charge on any atom is 0.337 e. The van der Waals surface area contributed by atoms with Crippen LogP contribution in [0.1, 0.15) is 59.8 Å². The van der Waals surface area contributed by atoms with Crippen molar-refractivity contribution in [3.05, 3.63) is 23.5 Å². The van der Waals surface area contributed by atoms with Gasteiger partial charge in [0.2, 0.25) is 0 Å². The Balaban J connectivity index is 3.54. The zero-order chi connectivity index (χ0) is 23.9. The maximum absolute atomic E-state index is 12.0. The number of allylic oxidation sites excluding steroid dienone is 1. The van der Waals surface area contributed by atoms with Crippen LogP contribution in [0.4, 0.5) is 0 Å². The van der Waals surface area contributed by atoms with Crippen LogP contribution in [0.3, 0.4) is 0 Å². The molecular weight excluding hydrogens is 416 g/mol. The Kier molecular flexibility index (Phi) is 21.0. The van der Waals surface area contributed by atoms with Gasteiger partial charge in [-0.2, -0.15) is 0 Å². The van der Waals surface area contributed by atoms with Crippen molar-refractivity contribution >= 4 is 11.9 Å². The second-order valence-electron chi connectivity index (χ2n) is 7.01. The van der Waals surface area contributed by atoms with Crippen LogP contribution in [-0.2, 0) is 38.0 Å². The fraction of sp³-hybridized carbons (Fsp3) is 0.750. The van der Waals surface area contributed by atoms with E-state index in [0.29, 0.717) is 70.4 Å². The predicted molar refractivity (Wildman–Crippen MR) is 122 cm³/mol. The molecule has 0 aliphatic carbocycles. The minimum Gasteiger partial charge on any atom is -0.498 e. The standard InChI is InChI=1S/C24H42O8/c1-5-8-9-10-11-31-24(26)22(7-3)20-30-17-16-28-13-12-27-14-15-29-18-19-32-23(25)21(4)6-2/h6,20H,5,7-19H2,1-4H3. The molecule has 8 heteroatoms. The van der Waals surface area contributed by atoms with Crippen LogP contribution < -0.4 is 0 Å². The van der Waals surface area contributed by atoms with E-state index in [0.717, 1.165) is 25.7 Å². The molecule has 0 radical (unpaired) electrons. The number of hydrogen-bond acceptors (Lipinski definition) is 8. The van der Waals surface area contributed by atoms with E-state index in [-0.39, 0.29) is 18.5 Å². The summed E-state index contributed by atoms with van der Waals surface area (Å²) in [7, 11) is 0. The third-order valence-corrected chi connectivity index (χ3v) is 4.41. The van der Waals surface area contributed by atoms with Crippen molar-refractivity contribution in [2.24, 2.45) is 0 Å². The molecule has 0 aromatic heterocycles. The summed E-state index contributed by atoms with van der Waals surface area (Å²) in [4.78, 5) is 23.4. The van der Waals surface area contributed by atoms with Gasteiger partial charge in [-0.05, 0) is 26.7 Å². The highest BCUT2D eigenvalue weighted by Crippen LogP contribution is 2.06. The number of esters is 2. The SMILES string of the molecule is CC=C(C)C(=O)OCCOCCOCCOCCOC=C(CC)C(=O)OCCCCCC. The van der Waals surface area contributed by atoms with Crippen LogP contribution in [0.5, 0.6) is 0 Å². The third-order valence-electron chi connectivity index (χ3n) is 4.41. The molecule has 0 aliphatic heterocycles. The van der Waals surface area contributed by atoms with Gasteiger partial charge in [0.25, 0.3) is 0 Å². The summed E-state index contributed by atoms with van der Waals surface area (Å²) in [6, 6.07) is 0. The number of hydrogen-bond donors (Lipinski definition) is 0. The lowest BCUT2D eigenvalue weighted by Crippen LogP contribution is -2.14. The molecule has 0 unspecified atom stereocenters. The number of carbonyl (C=O) groups excluding carboxylic acids is 2. The second kappa shape index (κ2) is 22.3. The first-order chi connectivity index (χ1) is 15.6. The summed E-state index contributed by atoms with van der Waals surface area (Å²) in [5, 5.41) is 0. The summed E-state index contributed by atoms with van der Waals surface area (Å²) in [5.74, 6) is -0.640. The van der Waals surface area contributed by atoms with Gasteiger partial charge >= 0.3 is 11.9 Å². The molecule has 0 aromatic carbocycles. The first kappa shape index (κ1) is 30.1. The number of rotatable bonds is 21. The topological polar surface area (TPSA) is 89.5 Å². The fourth-order valence-electron chi connectivity index (χ4n) is 2.30. The van der Waals surface area contributed by atoms with Gasteiger partial charge in [0, 0.05) is 5.57 Å². The predicted octanol–water partition coefficient (Wildman–Crippen LogP) is 3.98. The Hall–Kier alpha value is -1.90. The van der Waals surface area contributed by atoms with Crippen molar-refractivity contribution in [2.75, 3.05) is 59.5 Å². The lowest BCUT2D eigenvalue weighted by Gasteiger charge is -2.09. The Morgan fingerprint density at radius 3 is 1.81 bits per heavy atom. The van der Waals surface area contributed by atoms with E-state index in [1.165, 1.54) is 6.26 Å². The molecule has 0 N–H and O–H groups in total. The molecule has 0 spiro atoms. The first-order valence-corrected chi connectivity index (χ1v) is 11.6. The molecule has 0 rings (SSSR count). The maximum atomic E-state index is 12.0. The van der Waals surface area contributed by atoms with Gasteiger partial charge in [-0.1, -0.05) is 39.2 Å². The summed E-state index contributed by atoms with van der Waals surface area (Å²) in [5.41, 5.74) is 1.10. The van der Waals surface area contributed by atoms with Crippen LogP contribution >= 0.6 is 0 Å². The van der Waals surface area contributed by atoms with E-state index in [1.807, 2.05) is 6.92 Å². The number of ether oxygens (including phenoxy) is 6. The average molecular weight is 459 g/mol. The molecule has 8 nitrogen and oxygen atoms in total. The number of unbranched alkanes of at least 4 members (excludes halogenated alkanes) is 3. The highest BCUT2D eigenvalue weighted by atomic mass is 16.6. The highest BCUT2D eigenvalue weighted by molar-refractivity contribution is 5.88. The van der Waals surface area contributed by atoms with E-state index in [4.69, 9.17) is 28.4 Å². The second-order valence-corrected chi connectivity index (χ2v) is 7.01. The molecule has 0 heterocycles. The summed E-state index contributed by atoms with van der Waals surface area (Å²) >= 11 is 0. The minimum atomic E-state index is -0.326. The zero-order valence-electron chi connectivity index (χ0n) is 20.3. The lowest BCUT2D eigenvalue weighted by atomic mass is 10.2. The molecule has 0 aliphatic rings. The van der Waals surface area contributed by atoms with Gasteiger partial charge in [-0.15, -0.1) is 0 Å². The average Bonchev–Trinajstić information content (AvgIpc) is 2.80. The number of carbonyl (C=O) groups is 2. The van der Waals surface area contributed by atoms with E-state index >= 15 is 0 Å². The highest BCUT2D eigenvalue weighted by Gasteiger charge is 2.09. The van der Waals surface area contributed by atoms with Crippen molar-refractivity contribution < 1.29 is 38.0 Å². The molecule has 32 heavy (non-hydrogen) atoms. The lowest BCUT2D eigenvalue weighted by molar-refractivity contribution is -0.141. The summed E-state index contributed by atoms with van der Waals surface area (Å²) in [6.07, 6.45) is 8.01. The Morgan fingerprint density at radius 2 is 1.25 bits per heavy atom. The quantitative estimate of drug-likeness (QED) is 0.110. The van der Waals surface area contributed by atoms with Crippen LogP contribution in [0.25, 0.3) is 0 Å². The van der Waals surface area contributed by atoms with Gasteiger partial charge in [0.05, 0.1) is 58.1 Å². The molecule has 0 aromatic rings. The van der Waals surface area contributed by atoms with Crippen molar-refractivity contribution in [3.63, 3.8) is 0 Å². The van der Waals surface area contributed by atoms with E-state index in [9.17, 15) is 9.59 Å². The van der Waals surface area contributed by atoms with E-state index < -0.39 is 0 Å². The molecule has 186 valence electrons. The Labute approximate surface area is 193 Å².